The van der Waals surface area contributed by atoms with Crippen molar-refractivity contribution < 1.29 is 19.4 Å². The third kappa shape index (κ3) is 3.11. The maximum Gasteiger partial charge on any atom is 0.407 e. The monoisotopic (exact) mass is 325 g/mol. The van der Waals surface area contributed by atoms with Crippen molar-refractivity contribution >= 4 is 12.1 Å². The highest BCUT2D eigenvalue weighted by atomic mass is 16.5. The summed E-state index contributed by atoms with van der Waals surface area (Å²) >= 11 is 0. The Balaban J connectivity index is 1.72. The average molecular weight is 325 g/mol. The summed E-state index contributed by atoms with van der Waals surface area (Å²) in [6, 6.07) is 16.3. The van der Waals surface area contributed by atoms with Gasteiger partial charge >= 0.3 is 12.1 Å². The fourth-order valence-electron chi connectivity index (χ4n) is 3.30. The van der Waals surface area contributed by atoms with E-state index in [4.69, 9.17) is 4.74 Å². The Hall–Kier alpha value is -2.82. The molecule has 2 aromatic rings. The van der Waals surface area contributed by atoms with E-state index >= 15 is 0 Å². The summed E-state index contributed by atoms with van der Waals surface area (Å²) in [5.41, 5.74) is 2.68. The molecule has 3 atom stereocenters. The molecule has 0 aromatic heterocycles. The van der Waals surface area contributed by atoms with Crippen LogP contribution < -0.4 is 5.32 Å². The SMILES string of the molecule is CC1c2ccccc2[C@@H](NC(=O)OCc2ccccc2)[C@H]1C(=O)O. The van der Waals surface area contributed by atoms with Gasteiger partial charge in [-0.1, -0.05) is 61.5 Å². The van der Waals surface area contributed by atoms with E-state index in [1.807, 2.05) is 61.5 Å². The number of amides is 1. The lowest BCUT2D eigenvalue weighted by atomic mass is 9.92. The van der Waals surface area contributed by atoms with Gasteiger partial charge in [0.05, 0.1) is 12.0 Å². The highest BCUT2D eigenvalue weighted by molar-refractivity contribution is 5.77. The first-order chi connectivity index (χ1) is 11.6. The van der Waals surface area contributed by atoms with Gasteiger partial charge in [-0.25, -0.2) is 4.79 Å². The molecule has 2 aromatic carbocycles. The molecule has 0 heterocycles. The molecule has 0 radical (unpaired) electrons. The summed E-state index contributed by atoms with van der Waals surface area (Å²) in [6.45, 7) is 2.02. The number of alkyl carbamates (subject to hydrolysis) is 1. The summed E-state index contributed by atoms with van der Waals surface area (Å²) in [7, 11) is 0. The molecule has 124 valence electrons. The molecular weight excluding hydrogens is 306 g/mol. The van der Waals surface area contributed by atoms with Gasteiger partial charge in [0, 0.05) is 0 Å². The number of nitrogens with one attached hydrogen (secondary N) is 1. The fraction of sp³-hybridized carbons (Fsp3) is 0.263. The van der Waals surface area contributed by atoms with E-state index in [-0.39, 0.29) is 12.5 Å². The van der Waals surface area contributed by atoms with Gasteiger partial charge < -0.3 is 15.2 Å². The van der Waals surface area contributed by atoms with E-state index in [2.05, 4.69) is 5.32 Å². The lowest BCUT2D eigenvalue weighted by Gasteiger charge is -2.20. The topological polar surface area (TPSA) is 75.6 Å². The third-order valence-corrected chi connectivity index (χ3v) is 4.49. The van der Waals surface area contributed by atoms with Crippen LogP contribution >= 0.6 is 0 Å². The predicted molar refractivity (Wildman–Crippen MR) is 88.5 cm³/mol. The molecule has 1 aliphatic rings. The Morgan fingerprint density at radius 2 is 1.67 bits per heavy atom. The van der Waals surface area contributed by atoms with Crippen LogP contribution in [0.3, 0.4) is 0 Å². The summed E-state index contributed by atoms with van der Waals surface area (Å²) < 4.78 is 5.23. The number of hydrogen-bond acceptors (Lipinski definition) is 3. The van der Waals surface area contributed by atoms with Crippen molar-refractivity contribution in [3.8, 4) is 0 Å². The lowest BCUT2D eigenvalue weighted by Crippen LogP contribution is -2.35. The molecule has 0 saturated heterocycles. The Morgan fingerprint density at radius 1 is 1.04 bits per heavy atom. The van der Waals surface area contributed by atoms with E-state index in [9.17, 15) is 14.7 Å². The molecule has 0 fully saturated rings. The second-order valence-electron chi connectivity index (χ2n) is 5.97. The summed E-state index contributed by atoms with van der Waals surface area (Å²) in [5.74, 6) is -1.79. The molecule has 1 amide bonds. The highest BCUT2D eigenvalue weighted by Crippen LogP contribution is 2.44. The second kappa shape index (κ2) is 6.74. The normalized spacial score (nSPS) is 21.8. The van der Waals surface area contributed by atoms with E-state index in [1.54, 1.807) is 0 Å². The molecular formula is C19H19NO4. The zero-order chi connectivity index (χ0) is 17.1. The molecule has 5 heteroatoms. The van der Waals surface area contributed by atoms with E-state index in [0.29, 0.717) is 0 Å². The van der Waals surface area contributed by atoms with Crippen LogP contribution in [0.2, 0.25) is 0 Å². The van der Waals surface area contributed by atoms with E-state index in [1.165, 1.54) is 0 Å². The van der Waals surface area contributed by atoms with Crippen molar-refractivity contribution in [1.82, 2.24) is 5.32 Å². The van der Waals surface area contributed by atoms with Crippen molar-refractivity contribution in [1.29, 1.82) is 0 Å². The minimum atomic E-state index is -0.924. The predicted octanol–water partition coefficient (Wildman–Crippen LogP) is 3.47. The van der Waals surface area contributed by atoms with E-state index < -0.39 is 24.0 Å². The smallest absolute Gasteiger partial charge is 0.407 e. The van der Waals surface area contributed by atoms with Crippen molar-refractivity contribution in [2.75, 3.05) is 0 Å². The maximum atomic E-state index is 12.1. The van der Waals surface area contributed by atoms with Crippen molar-refractivity contribution in [3.05, 3.63) is 71.3 Å². The molecule has 3 rings (SSSR count). The average Bonchev–Trinajstić information content (AvgIpc) is 2.87. The van der Waals surface area contributed by atoms with Crippen LogP contribution in [0.1, 0.15) is 35.6 Å². The summed E-state index contributed by atoms with van der Waals surface area (Å²) in [5, 5.41) is 12.3. The summed E-state index contributed by atoms with van der Waals surface area (Å²) in [6.07, 6.45) is -0.612. The van der Waals surface area contributed by atoms with Gasteiger partial charge in [0.2, 0.25) is 0 Å². The van der Waals surface area contributed by atoms with Gasteiger partial charge in [0.25, 0.3) is 0 Å². The van der Waals surface area contributed by atoms with Gasteiger partial charge in [-0.15, -0.1) is 0 Å². The number of fused-ring (bicyclic) bond motifs is 1. The second-order valence-corrected chi connectivity index (χ2v) is 5.97. The maximum absolute atomic E-state index is 12.1. The van der Waals surface area contributed by atoms with Crippen LogP contribution in [0.5, 0.6) is 0 Å². The van der Waals surface area contributed by atoms with Crippen LogP contribution in [-0.2, 0) is 16.1 Å². The number of aliphatic carboxylic acids is 1. The van der Waals surface area contributed by atoms with Crippen LogP contribution in [-0.4, -0.2) is 17.2 Å². The largest absolute Gasteiger partial charge is 0.481 e. The first-order valence-electron chi connectivity index (χ1n) is 7.86. The number of ether oxygens (including phenoxy) is 1. The number of hydrogen-bond donors (Lipinski definition) is 2. The zero-order valence-electron chi connectivity index (χ0n) is 13.3. The van der Waals surface area contributed by atoms with Gasteiger partial charge in [0.15, 0.2) is 0 Å². The van der Waals surface area contributed by atoms with Crippen LogP contribution in [0, 0.1) is 5.92 Å². The Bertz CT molecular complexity index is 744. The Morgan fingerprint density at radius 3 is 2.33 bits per heavy atom. The molecule has 0 spiro atoms. The van der Waals surface area contributed by atoms with Crippen molar-refractivity contribution in [2.45, 2.75) is 25.5 Å². The first kappa shape index (κ1) is 16.1. The molecule has 1 aliphatic carbocycles. The lowest BCUT2D eigenvalue weighted by molar-refractivity contribution is -0.143. The number of carbonyl (C=O) groups excluding carboxylic acids is 1. The quantitative estimate of drug-likeness (QED) is 0.902. The Kier molecular flexibility index (Phi) is 4.51. The number of carbonyl (C=O) groups is 2. The van der Waals surface area contributed by atoms with Gasteiger partial charge in [-0.2, -0.15) is 0 Å². The summed E-state index contributed by atoms with van der Waals surface area (Å²) in [4.78, 5) is 23.8. The fourth-order valence-corrected chi connectivity index (χ4v) is 3.30. The van der Waals surface area contributed by atoms with Crippen molar-refractivity contribution in [3.63, 3.8) is 0 Å². The molecule has 2 N–H and O–H groups in total. The van der Waals surface area contributed by atoms with Crippen LogP contribution in [0.25, 0.3) is 0 Å². The number of rotatable bonds is 4. The molecule has 5 nitrogen and oxygen atoms in total. The van der Waals surface area contributed by atoms with Gasteiger partial charge in [-0.3, -0.25) is 4.79 Å². The van der Waals surface area contributed by atoms with Crippen LogP contribution in [0.15, 0.2) is 54.6 Å². The molecule has 0 saturated carbocycles. The number of benzene rings is 2. The molecule has 24 heavy (non-hydrogen) atoms. The molecule has 0 aliphatic heterocycles. The van der Waals surface area contributed by atoms with Crippen molar-refractivity contribution in [2.24, 2.45) is 5.92 Å². The van der Waals surface area contributed by atoms with Gasteiger partial charge in [-0.05, 0) is 22.6 Å². The molecule has 1 unspecified atom stereocenters. The van der Waals surface area contributed by atoms with Crippen LogP contribution in [0.4, 0.5) is 4.79 Å². The zero-order valence-corrected chi connectivity index (χ0v) is 13.3. The number of carboxylic acids is 1. The number of carboxylic acid groups (broad SMARTS) is 1. The third-order valence-electron chi connectivity index (χ3n) is 4.49. The first-order valence-corrected chi connectivity index (χ1v) is 7.86. The van der Waals surface area contributed by atoms with E-state index in [0.717, 1.165) is 16.7 Å². The Labute approximate surface area is 140 Å². The standard InChI is InChI=1S/C19H19NO4/c1-12-14-9-5-6-10-15(14)17(16(12)18(21)22)20-19(23)24-11-13-7-3-2-4-8-13/h2-10,12,16-17H,11H2,1H3,(H,20,23)(H,21,22)/t12?,16-,17+/m0/s1. The highest BCUT2D eigenvalue weighted by Gasteiger charge is 2.43. The van der Waals surface area contributed by atoms with Gasteiger partial charge in [0.1, 0.15) is 6.61 Å². The minimum absolute atomic E-state index is 0.147. The minimum Gasteiger partial charge on any atom is -0.481 e. The molecule has 0 bridgehead atoms.